The van der Waals surface area contributed by atoms with E-state index in [2.05, 4.69) is 6.92 Å². The van der Waals surface area contributed by atoms with Crippen LogP contribution >= 0.6 is 0 Å². The topological polar surface area (TPSA) is 61.5 Å². The number of unbranched alkanes of at least 4 members (excludes halogenated alkanes) is 12. The van der Waals surface area contributed by atoms with Crippen LogP contribution in [0.25, 0.3) is 0 Å². The van der Waals surface area contributed by atoms with Gasteiger partial charge in [0.1, 0.15) is 0 Å². The molecule has 4 nitrogen and oxygen atoms in total. The van der Waals surface area contributed by atoms with Crippen LogP contribution in [0.1, 0.15) is 104 Å². The van der Waals surface area contributed by atoms with Crippen LogP contribution in [0.5, 0.6) is 0 Å². The first-order chi connectivity index (χ1) is 13.7. The monoisotopic (exact) mass is 423 g/mol. The van der Waals surface area contributed by atoms with Crippen molar-refractivity contribution in [2.24, 2.45) is 5.73 Å². The molecule has 1 saturated heterocycles. The van der Waals surface area contributed by atoms with Crippen LogP contribution in [0.15, 0.2) is 0 Å². The number of hydrogen-bond acceptors (Lipinski definition) is 4. The minimum Gasteiger partial charge on any atom is -0.342 e. The molecule has 0 spiro atoms. The molecule has 0 aromatic heterocycles. The summed E-state index contributed by atoms with van der Waals surface area (Å²) in [5.74, 6) is -4.29. The van der Waals surface area contributed by atoms with Gasteiger partial charge >= 0.3 is 6.18 Å². The third kappa shape index (κ3) is 10.3. The zero-order valence-corrected chi connectivity index (χ0v) is 18.2. The van der Waals surface area contributed by atoms with Crippen LogP contribution < -0.4 is 5.73 Å². The minimum absolute atomic E-state index is 0.110. The van der Waals surface area contributed by atoms with Crippen molar-refractivity contribution in [3.63, 3.8) is 0 Å². The molecule has 1 fully saturated rings. The second-order valence-corrected chi connectivity index (χ2v) is 8.44. The average Bonchev–Trinajstić information content (AvgIpc) is 2.67. The average molecular weight is 424 g/mol. The molecule has 0 bridgehead atoms. The van der Waals surface area contributed by atoms with Gasteiger partial charge in [-0.3, -0.25) is 4.79 Å². The number of carbonyl (C=O) groups excluding carboxylic acids is 1. The second kappa shape index (κ2) is 13.6. The highest BCUT2D eigenvalue weighted by Gasteiger charge is 2.55. The SMILES string of the molecule is CCCCCCCCCCCCCCCC1OC(C)(C(=O)C(F)(F)F)OCC1N. The Morgan fingerprint density at radius 3 is 1.83 bits per heavy atom. The van der Waals surface area contributed by atoms with Gasteiger partial charge in [0, 0.05) is 0 Å². The molecule has 1 rings (SSSR count). The highest BCUT2D eigenvalue weighted by molar-refractivity contribution is 5.90. The maximum atomic E-state index is 12.7. The zero-order valence-electron chi connectivity index (χ0n) is 18.2. The van der Waals surface area contributed by atoms with E-state index in [4.69, 9.17) is 15.2 Å². The number of nitrogens with two attached hydrogens (primary N) is 1. The molecule has 0 radical (unpaired) electrons. The van der Waals surface area contributed by atoms with Gasteiger partial charge in [-0.1, -0.05) is 90.4 Å². The van der Waals surface area contributed by atoms with Crippen molar-refractivity contribution in [3.05, 3.63) is 0 Å². The van der Waals surface area contributed by atoms with Gasteiger partial charge in [0.05, 0.1) is 18.8 Å². The van der Waals surface area contributed by atoms with Crippen molar-refractivity contribution in [1.29, 1.82) is 0 Å². The van der Waals surface area contributed by atoms with Crippen LogP contribution in [0.3, 0.4) is 0 Å². The summed E-state index contributed by atoms with van der Waals surface area (Å²) in [6.45, 7) is 3.16. The van der Waals surface area contributed by atoms with Crippen LogP contribution in [-0.4, -0.2) is 36.5 Å². The molecule has 0 aromatic carbocycles. The first kappa shape index (κ1) is 26.4. The summed E-state index contributed by atoms with van der Waals surface area (Å²) in [4.78, 5) is 11.6. The Labute approximate surface area is 174 Å². The van der Waals surface area contributed by atoms with Crippen molar-refractivity contribution in [2.75, 3.05) is 6.61 Å². The molecule has 1 heterocycles. The van der Waals surface area contributed by atoms with Crippen molar-refractivity contribution >= 4 is 5.78 Å². The van der Waals surface area contributed by atoms with Crippen molar-refractivity contribution in [2.45, 2.75) is 128 Å². The highest BCUT2D eigenvalue weighted by atomic mass is 19.4. The predicted octanol–water partition coefficient (Wildman–Crippen LogP) is 6.06. The van der Waals surface area contributed by atoms with Gasteiger partial charge < -0.3 is 15.2 Å². The lowest BCUT2D eigenvalue weighted by molar-refractivity contribution is -0.291. The molecule has 1 aliphatic rings. The van der Waals surface area contributed by atoms with Crippen molar-refractivity contribution in [1.82, 2.24) is 0 Å². The van der Waals surface area contributed by atoms with Gasteiger partial charge in [-0.2, -0.15) is 13.2 Å². The Kier molecular flexibility index (Phi) is 12.4. The van der Waals surface area contributed by atoms with E-state index in [1.165, 1.54) is 64.2 Å². The van der Waals surface area contributed by atoms with Crippen molar-refractivity contribution in [3.8, 4) is 0 Å². The Hall–Kier alpha value is -0.660. The van der Waals surface area contributed by atoms with Crippen LogP contribution in [0.4, 0.5) is 13.2 Å². The number of alkyl halides is 3. The molecule has 1 aliphatic heterocycles. The lowest BCUT2D eigenvalue weighted by Gasteiger charge is -2.40. The van der Waals surface area contributed by atoms with Gasteiger partial charge in [0.2, 0.25) is 5.79 Å². The van der Waals surface area contributed by atoms with Gasteiger partial charge in [-0.05, 0) is 13.3 Å². The number of carbonyl (C=O) groups is 1. The third-order valence-electron chi connectivity index (χ3n) is 5.67. The van der Waals surface area contributed by atoms with E-state index >= 15 is 0 Å². The van der Waals surface area contributed by atoms with Gasteiger partial charge in [-0.25, -0.2) is 0 Å². The van der Waals surface area contributed by atoms with Crippen molar-refractivity contribution < 1.29 is 27.4 Å². The molecule has 0 aliphatic carbocycles. The highest BCUT2D eigenvalue weighted by Crippen LogP contribution is 2.32. The van der Waals surface area contributed by atoms with Crippen LogP contribution in [0.2, 0.25) is 0 Å². The summed E-state index contributed by atoms with van der Waals surface area (Å²) >= 11 is 0. The van der Waals surface area contributed by atoms with E-state index in [1.807, 2.05) is 0 Å². The summed E-state index contributed by atoms with van der Waals surface area (Å²) in [6.07, 6.45) is 10.9. The number of halogens is 3. The molecule has 3 atom stereocenters. The van der Waals surface area contributed by atoms with Crippen LogP contribution in [-0.2, 0) is 14.3 Å². The third-order valence-corrected chi connectivity index (χ3v) is 5.67. The zero-order chi connectivity index (χ0) is 21.8. The van der Waals surface area contributed by atoms with Gasteiger partial charge in [0.15, 0.2) is 0 Å². The molecule has 2 N–H and O–H groups in total. The lowest BCUT2D eigenvalue weighted by atomic mass is 10.00. The Bertz CT molecular complexity index is 459. The van der Waals surface area contributed by atoms with E-state index in [0.29, 0.717) is 6.42 Å². The summed E-state index contributed by atoms with van der Waals surface area (Å²) < 4.78 is 48.6. The summed E-state index contributed by atoms with van der Waals surface area (Å²) in [5.41, 5.74) is 5.91. The first-order valence-electron chi connectivity index (χ1n) is 11.4. The first-order valence-corrected chi connectivity index (χ1v) is 11.4. The fourth-order valence-corrected chi connectivity index (χ4v) is 3.79. The Morgan fingerprint density at radius 2 is 1.38 bits per heavy atom. The maximum Gasteiger partial charge on any atom is 0.455 e. The van der Waals surface area contributed by atoms with E-state index in [1.54, 1.807) is 0 Å². The number of hydrogen-bond donors (Lipinski definition) is 1. The fourth-order valence-electron chi connectivity index (χ4n) is 3.79. The molecular formula is C22H40F3NO3. The summed E-state index contributed by atoms with van der Waals surface area (Å²) in [7, 11) is 0. The normalized spacial score (nSPS) is 25.3. The predicted molar refractivity (Wildman–Crippen MR) is 109 cm³/mol. The standard InChI is InChI=1S/C22H40F3NO3/c1-3-4-5-6-7-8-9-10-11-12-13-14-15-16-19-18(26)17-28-21(2,29-19)20(27)22(23,24)25/h18-19H,3-17,26H2,1-2H3. The molecular weight excluding hydrogens is 383 g/mol. The maximum absolute atomic E-state index is 12.7. The minimum atomic E-state index is -4.99. The number of rotatable bonds is 15. The largest absolute Gasteiger partial charge is 0.455 e. The Balaban J connectivity index is 2.11. The molecule has 0 amide bonds. The van der Waals surface area contributed by atoms with E-state index in [9.17, 15) is 18.0 Å². The smallest absolute Gasteiger partial charge is 0.342 e. The van der Waals surface area contributed by atoms with Gasteiger partial charge in [-0.15, -0.1) is 0 Å². The van der Waals surface area contributed by atoms with Gasteiger partial charge in [0.25, 0.3) is 5.78 Å². The summed E-state index contributed by atoms with van der Waals surface area (Å²) in [6, 6.07) is -0.513. The lowest BCUT2D eigenvalue weighted by Crippen LogP contribution is -2.59. The molecule has 172 valence electrons. The van der Waals surface area contributed by atoms with E-state index in [0.717, 1.165) is 26.2 Å². The summed E-state index contributed by atoms with van der Waals surface area (Å²) in [5, 5.41) is 0. The quantitative estimate of drug-likeness (QED) is 0.325. The molecule has 0 aromatic rings. The fraction of sp³-hybridized carbons (Fsp3) is 0.955. The molecule has 3 unspecified atom stereocenters. The number of ether oxygens (including phenoxy) is 2. The molecule has 0 saturated carbocycles. The molecule has 7 heteroatoms. The molecule has 29 heavy (non-hydrogen) atoms. The number of Topliss-reactive ketones (excluding diaryl/α,β-unsaturated/α-hetero) is 1. The number of ketones is 1. The van der Waals surface area contributed by atoms with E-state index in [-0.39, 0.29) is 6.61 Å². The Morgan fingerprint density at radius 1 is 0.931 bits per heavy atom. The van der Waals surface area contributed by atoms with Crippen LogP contribution in [0, 0.1) is 0 Å². The van der Waals surface area contributed by atoms with E-state index < -0.39 is 29.9 Å². The second-order valence-electron chi connectivity index (χ2n) is 8.44.